The second-order valence-corrected chi connectivity index (χ2v) is 5.23. The van der Waals surface area contributed by atoms with Crippen molar-refractivity contribution in [3.63, 3.8) is 0 Å². The van der Waals surface area contributed by atoms with E-state index in [9.17, 15) is 14.0 Å². The van der Waals surface area contributed by atoms with Gasteiger partial charge in [-0.05, 0) is 31.9 Å². The van der Waals surface area contributed by atoms with E-state index in [2.05, 4.69) is 0 Å². The molecule has 5 heteroatoms. The van der Waals surface area contributed by atoms with E-state index in [4.69, 9.17) is 4.74 Å². The number of benzene rings is 1. The lowest BCUT2D eigenvalue weighted by atomic mass is 9.98. The molecule has 2 rings (SSSR count). The van der Waals surface area contributed by atoms with E-state index in [0.29, 0.717) is 25.3 Å². The van der Waals surface area contributed by atoms with Crippen LogP contribution < -0.4 is 0 Å². The molecular weight excluding hydrogens is 285 g/mol. The van der Waals surface area contributed by atoms with E-state index in [1.165, 1.54) is 18.2 Å². The number of likely N-dealkylation sites (tertiary alicyclic amines) is 1. The minimum atomic E-state index is -0.366. The van der Waals surface area contributed by atoms with Crippen LogP contribution in [0.3, 0.4) is 0 Å². The average molecular weight is 305 g/mol. The second-order valence-electron chi connectivity index (χ2n) is 5.23. The van der Waals surface area contributed by atoms with Crippen LogP contribution in [0.2, 0.25) is 0 Å². The fourth-order valence-corrected chi connectivity index (χ4v) is 2.51. The third kappa shape index (κ3) is 4.16. The van der Waals surface area contributed by atoms with Gasteiger partial charge in [0.05, 0.1) is 12.5 Å². The Morgan fingerprint density at radius 3 is 2.91 bits per heavy atom. The Bertz CT molecular complexity index is 571. The lowest BCUT2D eigenvalue weighted by molar-refractivity contribution is -0.150. The maximum atomic E-state index is 13.5. The summed E-state index contributed by atoms with van der Waals surface area (Å²) in [5.41, 5.74) is 0.370. The van der Waals surface area contributed by atoms with Crippen LogP contribution >= 0.6 is 0 Å². The van der Waals surface area contributed by atoms with Gasteiger partial charge in [0.15, 0.2) is 0 Å². The molecule has 1 heterocycles. The van der Waals surface area contributed by atoms with Crippen LogP contribution in [0.4, 0.5) is 4.39 Å². The van der Waals surface area contributed by atoms with Crippen LogP contribution in [-0.4, -0.2) is 36.5 Å². The largest absolute Gasteiger partial charge is 0.466 e. The number of esters is 1. The number of nitrogens with zero attached hydrogens (tertiary/aromatic N) is 1. The molecule has 22 heavy (non-hydrogen) atoms. The third-order valence-electron chi connectivity index (χ3n) is 3.66. The summed E-state index contributed by atoms with van der Waals surface area (Å²) in [5, 5.41) is 0. The van der Waals surface area contributed by atoms with Gasteiger partial charge in [-0.1, -0.05) is 18.2 Å². The van der Waals surface area contributed by atoms with E-state index < -0.39 is 0 Å². The number of ether oxygens (including phenoxy) is 1. The highest BCUT2D eigenvalue weighted by molar-refractivity contribution is 5.92. The number of piperidine rings is 1. The van der Waals surface area contributed by atoms with Crippen molar-refractivity contribution in [1.29, 1.82) is 0 Å². The Morgan fingerprint density at radius 2 is 2.18 bits per heavy atom. The van der Waals surface area contributed by atoms with Crippen LogP contribution in [0.25, 0.3) is 6.08 Å². The SMILES string of the molecule is CCOC(=O)[C@H]1CCCN(C(=O)/C=C/c2ccccc2F)C1. The molecule has 0 bridgehead atoms. The quantitative estimate of drug-likeness (QED) is 0.634. The fourth-order valence-electron chi connectivity index (χ4n) is 2.51. The molecule has 1 fully saturated rings. The highest BCUT2D eigenvalue weighted by Gasteiger charge is 2.28. The summed E-state index contributed by atoms with van der Waals surface area (Å²) in [5.74, 6) is -1.09. The predicted octanol–water partition coefficient (Wildman–Crippen LogP) is 2.64. The first-order valence-corrected chi connectivity index (χ1v) is 7.50. The van der Waals surface area contributed by atoms with Crippen molar-refractivity contribution in [3.8, 4) is 0 Å². The zero-order chi connectivity index (χ0) is 15.9. The van der Waals surface area contributed by atoms with Crippen molar-refractivity contribution in [2.75, 3.05) is 19.7 Å². The number of halogens is 1. The van der Waals surface area contributed by atoms with Gasteiger partial charge in [0, 0.05) is 24.7 Å². The predicted molar refractivity (Wildman–Crippen MR) is 81.4 cm³/mol. The molecule has 118 valence electrons. The van der Waals surface area contributed by atoms with E-state index in [-0.39, 0.29) is 23.6 Å². The molecule has 1 aromatic rings. The molecule has 0 aromatic heterocycles. The van der Waals surface area contributed by atoms with Crippen LogP contribution in [0, 0.1) is 11.7 Å². The summed E-state index contributed by atoms with van der Waals surface area (Å²) in [6, 6.07) is 6.27. The van der Waals surface area contributed by atoms with Crippen molar-refractivity contribution in [2.45, 2.75) is 19.8 Å². The Kier molecular flexibility index (Phi) is 5.69. The Labute approximate surface area is 129 Å². The molecular formula is C17H20FNO3. The first-order valence-electron chi connectivity index (χ1n) is 7.50. The van der Waals surface area contributed by atoms with Crippen molar-refractivity contribution in [2.24, 2.45) is 5.92 Å². The molecule has 1 atom stereocenters. The van der Waals surface area contributed by atoms with Gasteiger partial charge in [-0.2, -0.15) is 0 Å². The number of amides is 1. The maximum absolute atomic E-state index is 13.5. The molecule has 0 unspecified atom stereocenters. The molecule has 1 aliphatic heterocycles. The summed E-state index contributed by atoms with van der Waals surface area (Å²) in [7, 11) is 0. The van der Waals surface area contributed by atoms with Gasteiger partial charge in [-0.15, -0.1) is 0 Å². The molecule has 1 amide bonds. The standard InChI is InChI=1S/C17H20FNO3/c1-2-22-17(21)14-7-5-11-19(12-14)16(20)10-9-13-6-3-4-8-15(13)18/h3-4,6,8-10,14H,2,5,7,11-12H2,1H3/b10-9+/t14-/m0/s1. The minimum Gasteiger partial charge on any atom is -0.466 e. The number of hydrogen-bond donors (Lipinski definition) is 0. The molecule has 0 spiro atoms. The molecule has 0 N–H and O–H groups in total. The van der Waals surface area contributed by atoms with Gasteiger partial charge >= 0.3 is 5.97 Å². The van der Waals surface area contributed by atoms with E-state index in [0.717, 1.165) is 12.8 Å². The molecule has 0 saturated carbocycles. The van der Waals surface area contributed by atoms with Crippen molar-refractivity contribution < 1.29 is 18.7 Å². The van der Waals surface area contributed by atoms with Gasteiger partial charge in [0.2, 0.25) is 5.91 Å². The van der Waals surface area contributed by atoms with Gasteiger partial charge in [0.25, 0.3) is 0 Å². The first kappa shape index (κ1) is 16.2. The van der Waals surface area contributed by atoms with Gasteiger partial charge in [-0.3, -0.25) is 9.59 Å². The fraction of sp³-hybridized carbons (Fsp3) is 0.412. The van der Waals surface area contributed by atoms with Crippen LogP contribution in [0.1, 0.15) is 25.3 Å². The zero-order valence-corrected chi connectivity index (χ0v) is 12.6. The smallest absolute Gasteiger partial charge is 0.310 e. The van der Waals surface area contributed by atoms with Crippen LogP contribution in [0.15, 0.2) is 30.3 Å². The maximum Gasteiger partial charge on any atom is 0.310 e. The summed E-state index contributed by atoms with van der Waals surface area (Å²) < 4.78 is 18.5. The van der Waals surface area contributed by atoms with E-state index >= 15 is 0 Å². The molecule has 1 aromatic carbocycles. The highest BCUT2D eigenvalue weighted by atomic mass is 19.1. The summed E-state index contributed by atoms with van der Waals surface area (Å²) in [4.78, 5) is 25.5. The Balaban J connectivity index is 1.97. The number of hydrogen-bond acceptors (Lipinski definition) is 3. The van der Waals surface area contributed by atoms with E-state index in [1.54, 1.807) is 30.0 Å². The monoisotopic (exact) mass is 305 g/mol. The molecule has 1 aliphatic rings. The molecule has 0 aliphatic carbocycles. The number of carbonyl (C=O) groups excluding carboxylic acids is 2. The summed E-state index contributed by atoms with van der Waals surface area (Å²) in [6.45, 7) is 3.08. The van der Waals surface area contributed by atoms with E-state index in [1.807, 2.05) is 0 Å². The van der Waals surface area contributed by atoms with Gasteiger partial charge in [0.1, 0.15) is 5.82 Å². The molecule has 4 nitrogen and oxygen atoms in total. The highest BCUT2D eigenvalue weighted by Crippen LogP contribution is 2.18. The lowest BCUT2D eigenvalue weighted by Crippen LogP contribution is -2.42. The normalized spacial score (nSPS) is 18.5. The second kappa shape index (κ2) is 7.73. The number of carbonyl (C=O) groups is 2. The summed E-state index contributed by atoms with van der Waals surface area (Å²) >= 11 is 0. The number of rotatable bonds is 4. The topological polar surface area (TPSA) is 46.6 Å². The summed E-state index contributed by atoms with van der Waals surface area (Å²) in [6.07, 6.45) is 4.32. The van der Waals surface area contributed by atoms with Crippen LogP contribution in [-0.2, 0) is 14.3 Å². The van der Waals surface area contributed by atoms with Crippen molar-refractivity contribution in [3.05, 3.63) is 41.7 Å². The third-order valence-corrected chi connectivity index (χ3v) is 3.66. The lowest BCUT2D eigenvalue weighted by Gasteiger charge is -2.30. The van der Waals surface area contributed by atoms with Crippen molar-refractivity contribution >= 4 is 18.0 Å². The molecule has 0 radical (unpaired) electrons. The zero-order valence-electron chi connectivity index (χ0n) is 12.6. The average Bonchev–Trinajstić information content (AvgIpc) is 2.54. The molecule has 1 saturated heterocycles. The van der Waals surface area contributed by atoms with Crippen LogP contribution in [0.5, 0.6) is 0 Å². The minimum absolute atomic E-state index is 0.211. The van der Waals surface area contributed by atoms with Crippen molar-refractivity contribution in [1.82, 2.24) is 4.90 Å². The Hall–Kier alpha value is -2.17. The Morgan fingerprint density at radius 1 is 1.41 bits per heavy atom. The van der Waals surface area contributed by atoms with Gasteiger partial charge in [-0.25, -0.2) is 4.39 Å². The first-order chi connectivity index (χ1) is 10.6. The van der Waals surface area contributed by atoms with Gasteiger partial charge < -0.3 is 9.64 Å².